The van der Waals surface area contributed by atoms with Crippen molar-refractivity contribution in [3.8, 4) is 0 Å². The van der Waals surface area contributed by atoms with Gasteiger partial charge in [-0.05, 0) is 37.9 Å². The zero-order chi connectivity index (χ0) is 17.8. The van der Waals surface area contributed by atoms with Crippen molar-refractivity contribution in [2.24, 2.45) is 0 Å². The summed E-state index contributed by atoms with van der Waals surface area (Å²) in [6.45, 7) is 3.83. The molecule has 0 saturated carbocycles. The Kier molecular flexibility index (Phi) is 8.74. The molecule has 1 unspecified atom stereocenters. The Labute approximate surface area is 168 Å². The van der Waals surface area contributed by atoms with Crippen LogP contribution in [0.3, 0.4) is 0 Å². The Morgan fingerprint density at radius 2 is 2.22 bits per heavy atom. The first kappa shape index (κ1) is 22.9. The number of hydrogen-bond acceptors (Lipinski definition) is 7. The molecule has 9 nitrogen and oxygen atoms in total. The lowest BCUT2D eigenvalue weighted by molar-refractivity contribution is 0.0948. The van der Waals surface area contributed by atoms with E-state index in [1.54, 1.807) is 13.0 Å². The average Bonchev–Trinajstić information content (AvgIpc) is 3.00. The number of rotatable bonds is 5. The molecule has 27 heavy (non-hydrogen) atoms. The summed E-state index contributed by atoms with van der Waals surface area (Å²) in [4.78, 5) is 28.6. The normalized spacial score (nSPS) is 16.1. The van der Waals surface area contributed by atoms with Crippen molar-refractivity contribution in [3.05, 3.63) is 39.2 Å². The van der Waals surface area contributed by atoms with Crippen molar-refractivity contribution < 1.29 is 9.21 Å². The molecule has 0 aliphatic carbocycles. The van der Waals surface area contributed by atoms with Gasteiger partial charge in [0.05, 0.1) is 0 Å². The maximum Gasteiger partial charge on any atom is 0.349 e. The molecule has 1 aliphatic heterocycles. The van der Waals surface area contributed by atoms with Gasteiger partial charge in [0.1, 0.15) is 17.1 Å². The molecule has 150 valence electrons. The van der Waals surface area contributed by atoms with Gasteiger partial charge in [0.15, 0.2) is 0 Å². The molecular formula is C16H24Cl2N6O3. The number of nitrogens with two attached hydrogens (primary N) is 1. The molecule has 1 fully saturated rings. The first-order valence-electron chi connectivity index (χ1n) is 8.35. The van der Waals surface area contributed by atoms with E-state index in [-0.39, 0.29) is 42.2 Å². The number of amides is 1. The largest absolute Gasteiger partial charge is 0.427 e. The molecule has 2 aromatic rings. The smallest absolute Gasteiger partial charge is 0.349 e. The minimum absolute atomic E-state index is 0. The topological polar surface area (TPSA) is 139 Å². The maximum absolute atomic E-state index is 12.3. The number of aryl methyl sites for hydroxylation is 1. The van der Waals surface area contributed by atoms with E-state index in [2.05, 4.69) is 25.8 Å². The molecule has 3 heterocycles. The SMILES string of the molecule is Cc1cc(C2CCCNC2)oc(=O)c1C(=O)NCCc1nc(N)n[nH]1.Cl.Cl. The number of hydrogen-bond donors (Lipinski definition) is 4. The molecular weight excluding hydrogens is 395 g/mol. The van der Waals surface area contributed by atoms with Crippen LogP contribution in [0.15, 0.2) is 15.3 Å². The molecule has 0 aromatic carbocycles. The number of halogens is 2. The summed E-state index contributed by atoms with van der Waals surface area (Å²) in [5, 5.41) is 12.4. The highest BCUT2D eigenvalue weighted by molar-refractivity contribution is 5.95. The van der Waals surface area contributed by atoms with Gasteiger partial charge in [0, 0.05) is 25.4 Å². The second-order valence-corrected chi connectivity index (χ2v) is 6.18. The fourth-order valence-electron chi connectivity index (χ4n) is 3.01. The number of nitrogens with zero attached hydrogens (tertiary/aromatic N) is 2. The summed E-state index contributed by atoms with van der Waals surface area (Å²) in [6, 6.07) is 1.80. The Morgan fingerprint density at radius 3 is 2.81 bits per heavy atom. The molecule has 0 spiro atoms. The summed E-state index contributed by atoms with van der Waals surface area (Å²) >= 11 is 0. The van der Waals surface area contributed by atoms with Crippen LogP contribution in [0, 0.1) is 6.92 Å². The molecule has 1 aliphatic rings. The number of carbonyl (C=O) groups is 1. The molecule has 3 rings (SSSR count). The van der Waals surface area contributed by atoms with E-state index >= 15 is 0 Å². The summed E-state index contributed by atoms with van der Waals surface area (Å²) in [6.07, 6.45) is 2.45. The first-order valence-corrected chi connectivity index (χ1v) is 8.35. The molecule has 11 heteroatoms. The summed E-state index contributed by atoms with van der Waals surface area (Å²) in [5.74, 6) is 1.09. The number of anilines is 1. The number of nitrogens with one attached hydrogen (secondary N) is 3. The number of aromatic nitrogens is 3. The van der Waals surface area contributed by atoms with Crippen LogP contribution < -0.4 is 22.0 Å². The zero-order valence-electron chi connectivity index (χ0n) is 14.9. The Morgan fingerprint density at radius 1 is 1.44 bits per heavy atom. The number of piperidine rings is 1. The minimum Gasteiger partial charge on any atom is -0.427 e. The van der Waals surface area contributed by atoms with Crippen LogP contribution in [0.4, 0.5) is 5.95 Å². The molecule has 2 aromatic heterocycles. The summed E-state index contributed by atoms with van der Waals surface area (Å²) < 4.78 is 5.42. The lowest BCUT2D eigenvalue weighted by Crippen LogP contribution is -2.32. The van der Waals surface area contributed by atoms with Crippen LogP contribution in [0.5, 0.6) is 0 Å². The van der Waals surface area contributed by atoms with Crippen LogP contribution in [0.2, 0.25) is 0 Å². The van der Waals surface area contributed by atoms with E-state index in [0.29, 0.717) is 30.1 Å². The van der Waals surface area contributed by atoms with E-state index < -0.39 is 11.5 Å². The number of aromatic amines is 1. The number of H-pyrrole nitrogens is 1. The molecule has 5 N–H and O–H groups in total. The maximum atomic E-state index is 12.3. The molecule has 0 bridgehead atoms. The molecule has 1 saturated heterocycles. The van der Waals surface area contributed by atoms with E-state index in [1.165, 1.54) is 0 Å². The second kappa shape index (κ2) is 10.3. The van der Waals surface area contributed by atoms with Crippen molar-refractivity contribution >= 4 is 36.7 Å². The van der Waals surface area contributed by atoms with Gasteiger partial charge in [-0.25, -0.2) is 4.79 Å². The van der Waals surface area contributed by atoms with Gasteiger partial charge < -0.3 is 20.8 Å². The van der Waals surface area contributed by atoms with Gasteiger partial charge >= 0.3 is 5.63 Å². The molecule has 1 amide bonds. The highest BCUT2D eigenvalue weighted by atomic mass is 35.5. The third kappa shape index (κ3) is 5.69. The van der Waals surface area contributed by atoms with Gasteiger partial charge in [0.2, 0.25) is 5.95 Å². The highest BCUT2D eigenvalue weighted by Crippen LogP contribution is 2.23. The number of nitrogen functional groups attached to an aromatic ring is 1. The lowest BCUT2D eigenvalue weighted by Gasteiger charge is -2.22. The quantitative estimate of drug-likeness (QED) is 0.566. The van der Waals surface area contributed by atoms with Crippen LogP contribution in [0.25, 0.3) is 0 Å². The Bertz CT molecular complexity index is 817. The van der Waals surface area contributed by atoms with Gasteiger partial charge in [0.25, 0.3) is 5.91 Å². The van der Waals surface area contributed by atoms with Crippen molar-refractivity contribution in [3.63, 3.8) is 0 Å². The lowest BCUT2D eigenvalue weighted by atomic mass is 9.95. The highest BCUT2D eigenvalue weighted by Gasteiger charge is 2.22. The van der Waals surface area contributed by atoms with Crippen LogP contribution >= 0.6 is 24.8 Å². The van der Waals surface area contributed by atoms with Crippen molar-refractivity contribution in [2.45, 2.75) is 32.1 Å². The van der Waals surface area contributed by atoms with Crippen molar-refractivity contribution in [2.75, 3.05) is 25.4 Å². The predicted octanol–water partition coefficient (Wildman–Crippen LogP) is 0.932. The molecule has 1 atom stereocenters. The Hall–Kier alpha value is -2.10. The zero-order valence-corrected chi connectivity index (χ0v) is 16.5. The van der Waals surface area contributed by atoms with Crippen molar-refractivity contribution in [1.29, 1.82) is 0 Å². The standard InChI is InChI=1S/C16H22N6O3.2ClH/c1-9-7-11(10-3-2-5-18-8-10)25-15(24)13(9)14(23)19-6-4-12-20-16(17)22-21-12;;/h7,10,18H,2-6,8H2,1H3,(H,19,23)(H3,17,20,21,22);2*1H. The van der Waals surface area contributed by atoms with Gasteiger partial charge in [-0.2, -0.15) is 4.98 Å². The van der Waals surface area contributed by atoms with E-state index in [9.17, 15) is 9.59 Å². The summed E-state index contributed by atoms with van der Waals surface area (Å²) in [5.41, 5.74) is 5.49. The summed E-state index contributed by atoms with van der Waals surface area (Å²) in [7, 11) is 0. The van der Waals surface area contributed by atoms with Crippen LogP contribution in [-0.2, 0) is 6.42 Å². The van der Waals surface area contributed by atoms with Gasteiger partial charge in [-0.15, -0.1) is 29.9 Å². The second-order valence-electron chi connectivity index (χ2n) is 6.18. The van der Waals surface area contributed by atoms with E-state index in [1.807, 2.05) is 0 Å². The molecule has 0 radical (unpaired) electrons. The van der Waals surface area contributed by atoms with Crippen LogP contribution in [-0.4, -0.2) is 40.7 Å². The fourth-order valence-corrected chi connectivity index (χ4v) is 3.01. The van der Waals surface area contributed by atoms with E-state index in [4.69, 9.17) is 10.2 Å². The van der Waals surface area contributed by atoms with E-state index in [0.717, 1.165) is 25.9 Å². The average molecular weight is 419 g/mol. The monoisotopic (exact) mass is 418 g/mol. The first-order chi connectivity index (χ1) is 12.0. The Balaban J connectivity index is 0.00000182. The fraction of sp³-hybridized carbons (Fsp3) is 0.500. The third-order valence-corrected chi connectivity index (χ3v) is 4.29. The third-order valence-electron chi connectivity index (χ3n) is 4.29. The van der Waals surface area contributed by atoms with Crippen LogP contribution in [0.1, 0.15) is 46.3 Å². The number of carbonyl (C=O) groups excluding carboxylic acids is 1. The minimum atomic E-state index is -0.595. The van der Waals surface area contributed by atoms with Gasteiger partial charge in [-0.1, -0.05) is 0 Å². The van der Waals surface area contributed by atoms with Crippen molar-refractivity contribution in [1.82, 2.24) is 25.8 Å². The van der Waals surface area contributed by atoms with Gasteiger partial charge in [-0.3, -0.25) is 9.89 Å². The predicted molar refractivity (Wildman–Crippen MR) is 106 cm³/mol.